The molecule has 1 aliphatic heterocycles. The van der Waals surface area contributed by atoms with Crippen LogP contribution >= 0.6 is 0 Å². The van der Waals surface area contributed by atoms with E-state index in [1.54, 1.807) is 0 Å². The van der Waals surface area contributed by atoms with Crippen LogP contribution < -0.4 is 4.43 Å². The number of fused-ring (bicyclic) bond motifs is 1. The Balaban J connectivity index is 1.98. The minimum atomic E-state index is -3.84. The molecular weight excluding hydrogens is 492 g/mol. The molecule has 0 spiro atoms. The second-order valence-electron chi connectivity index (χ2n) is 8.26. The van der Waals surface area contributed by atoms with Gasteiger partial charge in [-0.2, -0.15) is 0 Å². The Morgan fingerprint density at radius 3 is 2.26 bits per heavy atom. The first-order valence-corrected chi connectivity index (χ1v) is 15.7. The summed E-state index contributed by atoms with van der Waals surface area (Å²) < 4.78 is 32.9. The monoisotopic (exact) mass is 524 g/mol. The van der Waals surface area contributed by atoms with E-state index in [0.717, 1.165) is 23.0 Å². The summed E-state index contributed by atoms with van der Waals surface area (Å²) in [5, 5.41) is 0. The quantitative estimate of drug-likeness (QED) is 0.174. The van der Waals surface area contributed by atoms with Crippen LogP contribution in [0.4, 0.5) is 0 Å². The molecule has 1 unspecified atom stereocenters. The number of hydrogen-bond donors (Lipinski definition) is 0. The van der Waals surface area contributed by atoms with Crippen LogP contribution in [-0.2, 0) is 54.6 Å². The fraction of sp³-hybridized carbons (Fsp3) is 0.478. The molecule has 1 atom stereocenters. The van der Waals surface area contributed by atoms with Crippen LogP contribution in [0.5, 0.6) is 5.75 Å². The molecule has 192 valence electrons. The Morgan fingerprint density at radius 1 is 1.06 bits per heavy atom. The maximum absolute atomic E-state index is 11.6. The van der Waals surface area contributed by atoms with Gasteiger partial charge in [-0.1, -0.05) is 12.6 Å². The van der Waals surface area contributed by atoms with Crippen LogP contribution in [0.25, 0.3) is 0 Å². The van der Waals surface area contributed by atoms with Gasteiger partial charge in [0.25, 0.3) is 17.9 Å². The van der Waals surface area contributed by atoms with E-state index in [2.05, 4.69) is 6.58 Å². The van der Waals surface area contributed by atoms with E-state index in [4.69, 9.17) is 26.9 Å². The second kappa shape index (κ2) is 12.7. The third-order valence-corrected chi connectivity index (χ3v) is 10.4. The molecule has 0 aliphatic carbocycles. The Labute approximate surface area is 207 Å². The van der Waals surface area contributed by atoms with E-state index in [0.29, 0.717) is 31.9 Å². The van der Waals surface area contributed by atoms with Gasteiger partial charge in [0.1, 0.15) is 5.75 Å². The number of rotatable bonds is 12. The molecule has 1 heterocycles. The first kappa shape index (κ1) is 28.3. The number of hydrogen-bond acceptors (Lipinski definition) is 10. The molecule has 0 amide bonds. The number of esters is 1. The van der Waals surface area contributed by atoms with Gasteiger partial charge in [0, 0.05) is 38.5 Å². The Kier molecular flexibility index (Phi) is 10.2. The third kappa shape index (κ3) is 9.30. The van der Waals surface area contributed by atoms with E-state index in [1.807, 2.05) is 24.7 Å². The lowest BCUT2D eigenvalue weighted by Crippen LogP contribution is -2.49. The van der Waals surface area contributed by atoms with Crippen molar-refractivity contribution in [2.24, 2.45) is 0 Å². The Morgan fingerprint density at radius 2 is 1.69 bits per heavy atom. The molecule has 1 aromatic rings. The van der Waals surface area contributed by atoms with Gasteiger partial charge in [-0.15, -0.1) is 0 Å². The number of carbonyl (C=O) groups is 4. The predicted molar refractivity (Wildman–Crippen MR) is 128 cm³/mol. The van der Waals surface area contributed by atoms with Gasteiger partial charge in [-0.05, 0) is 43.5 Å². The van der Waals surface area contributed by atoms with E-state index in [9.17, 15) is 19.2 Å². The summed E-state index contributed by atoms with van der Waals surface area (Å²) in [5.74, 6) is -1.75. The topological polar surface area (TPSA) is 124 Å². The molecule has 0 aromatic heterocycles. The SMILES string of the molecule is C=CC(=O)OCCC[Si]1(C)OCc2cc(CCC[Si](OC(C)=O)(OC(C)=O)OC(C)=O)ccc2O1. The summed E-state index contributed by atoms with van der Waals surface area (Å²) in [7, 11) is -6.28. The average Bonchev–Trinajstić information content (AvgIpc) is 2.75. The summed E-state index contributed by atoms with van der Waals surface area (Å²) in [6, 6.07) is 6.58. The summed E-state index contributed by atoms with van der Waals surface area (Å²) in [6.07, 6.45) is 2.78. The van der Waals surface area contributed by atoms with Gasteiger partial charge in [0.2, 0.25) is 0 Å². The lowest BCUT2D eigenvalue weighted by Gasteiger charge is -2.33. The van der Waals surface area contributed by atoms with Crippen molar-refractivity contribution in [1.82, 2.24) is 0 Å². The highest BCUT2D eigenvalue weighted by Gasteiger charge is 2.51. The highest BCUT2D eigenvalue weighted by atomic mass is 28.4. The number of ether oxygens (including phenoxy) is 1. The van der Waals surface area contributed by atoms with Gasteiger partial charge in [-0.3, -0.25) is 14.4 Å². The molecule has 0 fully saturated rings. The molecule has 2 rings (SSSR count). The molecule has 35 heavy (non-hydrogen) atoms. The predicted octanol–water partition coefficient (Wildman–Crippen LogP) is 3.35. The van der Waals surface area contributed by atoms with Crippen molar-refractivity contribution in [3.8, 4) is 5.75 Å². The highest BCUT2D eigenvalue weighted by Crippen LogP contribution is 2.33. The van der Waals surface area contributed by atoms with Crippen LogP contribution in [0.15, 0.2) is 30.9 Å². The zero-order valence-electron chi connectivity index (χ0n) is 20.5. The largest absolute Gasteiger partial charge is 0.705 e. The molecular formula is C23H32O10Si2. The van der Waals surface area contributed by atoms with Crippen molar-refractivity contribution in [2.75, 3.05) is 6.61 Å². The molecule has 1 aliphatic rings. The van der Waals surface area contributed by atoms with Crippen LogP contribution in [0.3, 0.4) is 0 Å². The van der Waals surface area contributed by atoms with E-state index < -0.39 is 41.2 Å². The van der Waals surface area contributed by atoms with Gasteiger partial charge in [-0.25, -0.2) is 4.79 Å². The van der Waals surface area contributed by atoms with Crippen LogP contribution in [-0.4, -0.2) is 47.8 Å². The molecule has 1 aromatic carbocycles. The maximum Gasteiger partial charge on any atom is 0.705 e. The van der Waals surface area contributed by atoms with Crippen LogP contribution in [0.1, 0.15) is 44.7 Å². The first-order valence-electron chi connectivity index (χ1n) is 11.3. The summed E-state index contributed by atoms with van der Waals surface area (Å²) in [5.41, 5.74) is 1.89. The smallest absolute Gasteiger partial charge is 0.520 e. The lowest BCUT2D eigenvalue weighted by molar-refractivity contribution is -0.148. The Bertz CT molecular complexity index is 923. The Hall–Kier alpha value is -2.97. The second-order valence-corrected chi connectivity index (χ2v) is 14.0. The van der Waals surface area contributed by atoms with Gasteiger partial charge < -0.3 is 26.9 Å². The van der Waals surface area contributed by atoms with Gasteiger partial charge >= 0.3 is 23.3 Å². The van der Waals surface area contributed by atoms with Crippen molar-refractivity contribution in [3.05, 3.63) is 42.0 Å². The van der Waals surface area contributed by atoms with Crippen molar-refractivity contribution in [2.45, 2.75) is 65.3 Å². The molecule has 10 nitrogen and oxygen atoms in total. The van der Waals surface area contributed by atoms with Gasteiger partial charge in [0.15, 0.2) is 0 Å². The van der Waals surface area contributed by atoms with E-state index >= 15 is 0 Å². The number of benzene rings is 1. The summed E-state index contributed by atoms with van der Waals surface area (Å²) in [6.45, 7) is 9.54. The van der Waals surface area contributed by atoms with Crippen LogP contribution in [0.2, 0.25) is 18.6 Å². The molecule has 0 radical (unpaired) electrons. The molecule has 0 saturated heterocycles. The third-order valence-electron chi connectivity index (χ3n) is 5.02. The lowest BCUT2D eigenvalue weighted by atomic mass is 10.1. The maximum atomic E-state index is 11.6. The molecule has 12 heteroatoms. The van der Waals surface area contributed by atoms with Crippen molar-refractivity contribution >= 4 is 41.2 Å². The van der Waals surface area contributed by atoms with Crippen molar-refractivity contribution in [3.63, 3.8) is 0 Å². The van der Waals surface area contributed by atoms with Gasteiger partial charge in [0.05, 0.1) is 19.3 Å². The first-order chi connectivity index (χ1) is 16.5. The normalized spacial score (nSPS) is 16.8. The average molecular weight is 525 g/mol. The minimum Gasteiger partial charge on any atom is -0.520 e. The zero-order valence-corrected chi connectivity index (χ0v) is 22.5. The molecule has 0 saturated carbocycles. The molecule has 0 bridgehead atoms. The zero-order chi connectivity index (χ0) is 26.1. The van der Waals surface area contributed by atoms with E-state index in [-0.39, 0.29) is 12.7 Å². The summed E-state index contributed by atoms with van der Waals surface area (Å²) >= 11 is 0. The highest BCUT2D eigenvalue weighted by molar-refractivity contribution is 6.67. The van der Waals surface area contributed by atoms with E-state index in [1.165, 1.54) is 20.8 Å². The number of carbonyl (C=O) groups excluding carboxylic acids is 4. The van der Waals surface area contributed by atoms with Crippen molar-refractivity contribution < 1.29 is 46.0 Å². The standard InChI is InChI=1S/C23H32O10Si2/c1-6-23(27)28-12-8-13-34(5)29-16-21-15-20(10-11-22(21)33-34)9-7-14-35(30-17(2)24,31-18(3)25)32-19(4)26/h6,10-11,15H,1,7-9,12-14,16H2,2-5H3. The van der Waals surface area contributed by atoms with Crippen LogP contribution in [0, 0.1) is 0 Å². The fourth-order valence-electron chi connectivity index (χ4n) is 3.62. The summed E-state index contributed by atoms with van der Waals surface area (Å²) in [4.78, 5) is 45.9. The fourth-order valence-corrected chi connectivity index (χ4v) is 8.19. The number of aryl methyl sites for hydroxylation is 1. The minimum absolute atomic E-state index is 0.108. The molecule has 0 N–H and O–H groups in total. The van der Waals surface area contributed by atoms with Crippen molar-refractivity contribution in [1.29, 1.82) is 0 Å².